The smallest absolute Gasteiger partial charge is 0.191 e. The van der Waals surface area contributed by atoms with Crippen LogP contribution in [0, 0.1) is 6.92 Å². The third-order valence-corrected chi connectivity index (χ3v) is 4.39. The van der Waals surface area contributed by atoms with E-state index in [1.54, 1.807) is 0 Å². The predicted octanol–water partition coefficient (Wildman–Crippen LogP) is 3.32. The molecule has 0 aliphatic rings. The van der Waals surface area contributed by atoms with Crippen LogP contribution in [0.2, 0.25) is 0 Å². The van der Waals surface area contributed by atoms with Crippen molar-refractivity contribution in [2.24, 2.45) is 4.99 Å². The highest BCUT2D eigenvalue weighted by Gasteiger charge is 2.07. The summed E-state index contributed by atoms with van der Waals surface area (Å²) in [6.07, 6.45) is 3.90. The van der Waals surface area contributed by atoms with Gasteiger partial charge in [0.1, 0.15) is 6.54 Å². The van der Waals surface area contributed by atoms with Gasteiger partial charge in [-0.15, -0.1) is 0 Å². The topological polar surface area (TPSA) is 78.2 Å². The zero-order chi connectivity index (χ0) is 18.4. The van der Waals surface area contributed by atoms with E-state index in [2.05, 4.69) is 70.9 Å². The zero-order valence-electron chi connectivity index (χ0n) is 15.7. The van der Waals surface area contributed by atoms with Crippen molar-refractivity contribution in [1.82, 2.24) is 20.8 Å². The molecular weight excluding hydrogens is 326 g/mol. The fourth-order valence-corrected chi connectivity index (χ4v) is 3.06. The largest absolute Gasteiger partial charge is 0.361 e. The minimum atomic E-state index is 0.481. The number of H-pyrrole nitrogens is 1. The highest BCUT2D eigenvalue weighted by Crippen LogP contribution is 2.22. The number of fused-ring (bicyclic) bond motifs is 1. The number of hydrogen-bond acceptors (Lipinski definition) is 3. The molecule has 0 saturated carbocycles. The van der Waals surface area contributed by atoms with Gasteiger partial charge < -0.3 is 20.1 Å². The molecule has 1 aromatic carbocycles. The van der Waals surface area contributed by atoms with Crippen LogP contribution in [0.4, 0.5) is 0 Å². The number of aromatic nitrogens is 2. The Hall–Kier alpha value is -2.76. The predicted molar refractivity (Wildman–Crippen MR) is 105 cm³/mol. The van der Waals surface area contributed by atoms with Gasteiger partial charge in [0.2, 0.25) is 0 Å². The van der Waals surface area contributed by atoms with Gasteiger partial charge in [-0.3, -0.25) is 0 Å². The van der Waals surface area contributed by atoms with E-state index in [0.29, 0.717) is 6.54 Å². The van der Waals surface area contributed by atoms with Crippen molar-refractivity contribution in [1.29, 1.82) is 0 Å². The van der Waals surface area contributed by atoms with Crippen LogP contribution in [-0.2, 0) is 19.4 Å². The Balaban J connectivity index is 1.60. The molecule has 0 radical (unpaired) electrons. The summed E-state index contributed by atoms with van der Waals surface area (Å²) in [5.74, 6) is 1.57. The van der Waals surface area contributed by atoms with Crippen LogP contribution in [0.15, 0.2) is 40.0 Å². The number of aromatic amines is 1. The lowest BCUT2D eigenvalue weighted by Crippen LogP contribution is -2.38. The summed E-state index contributed by atoms with van der Waals surface area (Å²) < 4.78 is 5.29. The van der Waals surface area contributed by atoms with Gasteiger partial charge >= 0.3 is 0 Å². The third kappa shape index (κ3) is 4.25. The molecule has 3 aromatic rings. The van der Waals surface area contributed by atoms with Crippen molar-refractivity contribution in [3.8, 4) is 0 Å². The molecule has 6 nitrogen and oxygen atoms in total. The van der Waals surface area contributed by atoms with Crippen LogP contribution in [-0.4, -0.2) is 29.2 Å². The molecule has 3 rings (SSSR count). The van der Waals surface area contributed by atoms with Gasteiger partial charge in [-0.25, -0.2) is 4.99 Å². The minimum absolute atomic E-state index is 0.481. The molecule has 0 fully saturated rings. The molecule has 0 aliphatic heterocycles. The summed E-state index contributed by atoms with van der Waals surface area (Å²) >= 11 is 0. The number of guanidine groups is 1. The molecular formula is C20H27N5O. The van der Waals surface area contributed by atoms with Crippen molar-refractivity contribution in [2.75, 3.05) is 13.1 Å². The van der Waals surface area contributed by atoms with Crippen LogP contribution >= 0.6 is 0 Å². The molecule has 0 amide bonds. The van der Waals surface area contributed by atoms with Gasteiger partial charge in [-0.05, 0) is 43.9 Å². The molecule has 138 valence electrons. The molecule has 0 bridgehead atoms. The second kappa shape index (κ2) is 8.56. The van der Waals surface area contributed by atoms with Crippen LogP contribution in [0.3, 0.4) is 0 Å². The lowest BCUT2D eigenvalue weighted by Gasteiger charge is -2.11. The first kappa shape index (κ1) is 18.0. The summed E-state index contributed by atoms with van der Waals surface area (Å²) in [4.78, 5) is 7.94. The first-order chi connectivity index (χ1) is 12.7. The van der Waals surface area contributed by atoms with E-state index in [1.165, 1.54) is 22.0 Å². The average molecular weight is 353 g/mol. The zero-order valence-corrected chi connectivity index (χ0v) is 15.7. The van der Waals surface area contributed by atoms with Crippen LogP contribution in [0.25, 0.3) is 10.9 Å². The van der Waals surface area contributed by atoms with Crippen LogP contribution in [0.1, 0.15) is 36.4 Å². The molecule has 0 saturated heterocycles. The number of nitrogens with zero attached hydrogens (tertiary/aromatic N) is 2. The molecule has 3 N–H and O–H groups in total. The molecule has 0 spiro atoms. The molecule has 2 heterocycles. The van der Waals surface area contributed by atoms with E-state index in [0.717, 1.165) is 43.3 Å². The first-order valence-corrected chi connectivity index (χ1v) is 9.23. The van der Waals surface area contributed by atoms with Crippen molar-refractivity contribution >= 4 is 16.9 Å². The van der Waals surface area contributed by atoms with E-state index in [9.17, 15) is 0 Å². The summed E-state index contributed by atoms with van der Waals surface area (Å²) in [5, 5.41) is 12.0. The second-order valence-corrected chi connectivity index (χ2v) is 6.32. The van der Waals surface area contributed by atoms with Crippen LogP contribution < -0.4 is 10.6 Å². The van der Waals surface area contributed by atoms with Crippen molar-refractivity contribution in [2.45, 2.75) is 40.2 Å². The fraction of sp³-hybridized carbons (Fsp3) is 0.400. The van der Waals surface area contributed by atoms with Gasteiger partial charge in [-0.1, -0.05) is 24.2 Å². The first-order valence-electron chi connectivity index (χ1n) is 9.23. The van der Waals surface area contributed by atoms with Crippen molar-refractivity contribution in [3.05, 3.63) is 53.0 Å². The molecule has 26 heavy (non-hydrogen) atoms. The van der Waals surface area contributed by atoms with Crippen molar-refractivity contribution < 1.29 is 4.52 Å². The van der Waals surface area contributed by atoms with Gasteiger partial charge in [0.15, 0.2) is 11.7 Å². The van der Waals surface area contributed by atoms with Crippen molar-refractivity contribution in [3.63, 3.8) is 0 Å². The third-order valence-electron chi connectivity index (χ3n) is 4.39. The van der Waals surface area contributed by atoms with E-state index in [-0.39, 0.29) is 0 Å². The number of nitrogens with one attached hydrogen (secondary N) is 3. The molecule has 0 unspecified atom stereocenters. The summed E-state index contributed by atoms with van der Waals surface area (Å²) in [7, 11) is 0. The average Bonchev–Trinajstić information content (AvgIpc) is 3.27. The summed E-state index contributed by atoms with van der Waals surface area (Å²) in [6.45, 7) is 8.38. The van der Waals surface area contributed by atoms with Gasteiger partial charge in [0.05, 0.1) is 5.69 Å². The van der Waals surface area contributed by atoms with E-state index >= 15 is 0 Å². The number of aryl methyl sites for hydroxylation is 2. The number of rotatable bonds is 7. The normalized spacial score (nSPS) is 11.9. The fourth-order valence-electron chi connectivity index (χ4n) is 3.06. The molecule has 0 atom stereocenters. The number of aliphatic imine (C=N–C) groups is 1. The lowest BCUT2D eigenvalue weighted by molar-refractivity contribution is 0.379. The van der Waals surface area contributed by atoms with E-state index in [1.807, 2.05) is 6.07 Å². The molecule has 0 aliphatic carbocycles. The monoisotopic (exact) mass is 353 g/mol. The SMILES string of the molecule is CCNC(=NCc1cc(CC)no1)NCCc1c[nH]c2cccc(C)c12. The number of benzene rings is 1. The lowest BCUT2D eigenvalue weighted by atomic mass is 10.1. The quantitative estimate of drug-likeness (QED) is 0.450. The van der Waals surface area contributed by atoms with E-state index in [4.69, 9.17) is 4.52 Å². The second-order valence-electron chi connectivity index (χ2n) is 6.32. The maximum absolute atomic E-state index is 5.29. The maximum atomic E-state index is 5.29. The molecule has 6 heteroatoms. The highest BCUT2D eigenvalue weighted by molar-refractivity contribution is 5.86. The Morgan fingerprint density at radius 3 is 2.92 bits per heavy atom. The van der Waals surface area contributed by atoms with E-state index < -0.39 is 0 Å². The Morgan fingerprint density at radius 2 is 2.15 bits per heavy atom. The molecule has 2 aromatic heterocycles. The number of hydrogen-bond donors (Lipinski definition) is 3. The standard InChI is InChI=1S/C20H27N5O/c1-4-16-11-17(26-25-16)13-24-20(21-5-2)22-10-9-15-12-23-18-8-6-7-14(3)19(15)18/h6-8,11-12,23H,4-5,9-10,13H2,1-3H3,(H2,21,22,24). The summed E-state index contributed by atoms with van der Waals surface area (Å²) in [5.41, 5.74) is 4.78. The van der Waals surface area contributed by atoms with Gasteiger partial charge in [-0.2, -0.15) is 0 Å². The Morgan fingerprint density at radius 1 is 1.27 bits per heavy atom. The Bertz CT molecular complexity index is 877. The maximum Gasteiger partial charge on any atom is 0.191 e. The van der Waals surface area contributed by atoms with Gasteiger partial charge in [0, 0.05) is 36.3 Å². The minimum Gasteiger partial charge on any atom is -0.361 e. The van der Waals surface area contributed by atoms with Crippen LogP contribution in [0.5, 0.6) is 0 Å². The Labute approximate surface area is 154 Å². The summed E-state index contributed by atoms with van der Waals surface area (Å²) in [6, 6.07) is 8.31. The van der Waals surface area contributed by atoms with Gasteiger partial charge in [0.25, 0.3) is 0 Å². The Kier molecular flexibility index (Phi) is 5.94. The highest BCUT2D eigenvalue weighted by atomic mass is 16.5.